The van der Waals surface area contributed by atoms with Crippen molar-refractivity contribution in [3.8, 4) is 0 Å². The maximum Gasteiger partial charge on any atom is 0.402 e. The summed E-state index contributed by atoms with van der Waals surface area (Å²) in [5.41, 5.74) is -1.81. The van der Waals surface area contributed by atoms with E-state index in [2.05, 4.69) is 4.74 Å². The number of alkyl halides is 2. The summed E-state index contributed by atoms with van der Waals surface area (Å²) in [6, 6.07) is 0. The summed E-state index contributed by atoms with van der Waals surface area (Å²) in [5.74, 6) is -1.52. The second-order valence-electron chi connectivity index (χ2n) is 8.35. The Morgan fingerprint density at radius 2 is 1.96 bits per heavy atom. The van der Waals surface area contributed by atoms with Crippen LogP contribution in [0.1, 0.15) is 52.4 Å². The Bertz CT molecular complexity index is 752. The first kappa shape index (κ1) is 20.4. The predicted octanol–water partition coefficient (Wildman–Crippen LogP) is 2.55. The van der Waals surface area contributed by atoms with Gasteiger partial charge in [-0.25, -0.2) is 0 Å². The number of hydrogen-bond donors (Lipinski definition) is 1. The standard InChI is InChI=1S/C17H24F2O7S/c1-3-10(2)13(20)26-15-5-11-4-12(7-15)16(6-11,8-15)14(21)25-9-17(18,19)27(22,23)24/h10-12H,3-9H2,1-2H3,(H,22,23,24). The summed E-state index contributed by atoms with van der Waals surface area (Å²) in [5, 5.41) is -4.56. The first-order chi connectivity index (χ1) is 12.3. The van der Waals surface area contributed by atoms with Gasteiger partial charge < -0.3 is 9.47 Å². The monoisotopic (exact) mass is 410 g/mol. The van der Waals surface area contributed by atoms with Crippen molar-refractivity contribution in [3.05, 3.63) is 0 Å². The summed E-state index contributed by atoms with van der Waals surface area (Å²) in [4.78, 5) is 24.9. The summed E-state index contributed by atoms with van der Waals surface area (Å²) < 4.78 is 67.1. The quantitative estimate of drug-likeness (QED) is 0.508. The van der Waals surface area contributed by atoms with Crippen molar-refractivity contribution >= 4 is 22.1 Å². The van der Waals surface area contributed by atoms with Crippen LogP contribution < -0.4 is 0 Å². The Morgan fingerprint density at radius 1 is 1.30 bits per heavy atom. The molecule has 0 aromatic rings. The van der Waals surface area contributed by atoms with Gasteiger partial charge in [-0.3, -0.25) is 14.1 Å². The number of hydrogen-bond acceptors (Lipinski definition) is 6. The molecule has 0 amide bonds. The van der Waals surface area contributed by atoms with Gasteiger partial charge in [0.05, 0.1) is 11.3 Å². The third-order valence-electron chi connectivity index (χ3n) is 6.46. The maximum atomic E-state index is 13.4. The van der Waals surface area contributed by atoms with Crippen LogP contribution in [0, 0.1) is 23.2 Å². The molecule has 1 N–H and O–H groups in total. The van der Waals surface area contributed by atoms with E-state index in [1.807, 2.05) is 6.92 Å². The second-order valence-corrected chi connectivity index (χ2v) is 9.89. The van der Waals surface area contributed by atoms with E-state index in [-0.39, 0.29) is 30.1 Å². The minimum Gasteiger partial charge on any atom is -0.459 e. The van der Waals surface area contributed by atoms with Gasteiger partial charge in [-0.2, -0.15) is 17.2 Å². The molecule has 0 radical (unpaired) electrons. The predicted molar refractivity (Wildman–Crippen MR) is 88.2 cm³/mol. The van der Waals surface area contributed by atoms with Crippen LogP contribution in [-0.4, -0.2) is 42.4 Å². The highest BCUT2D eigenvalue weighted by molar-refractivity contribution is 7.86. The Labute approximate surface area is 156 Å². The van der Waals surface area contributed by atoms with Gasteiger partial charge in [0.25, 0.3) is 0 Å². The Balaban J connectivity index is 1.73. The molecule has 4 fully saturated rings. The van der Waals surface area contributed by atoms with Gasteiger partial charge >= 0.3 is 27.3 Å². The molecule has 0 heterocycles. The van der Waals surface area contributed by atoms with Gasteiger partial charge in [0.1, 0.15) is 5.60 Å². The summed E-state index contributed by atoms with van der Waals surface area (Å²) >= 11 is 0. The highest BCUT2D eigenvalue weighted by atomic mass is 32.2. The third kappa shape index (κ3) is 3.35. The van der Waals surface area contributed by atoms with E-state index in [1.54, 1.807) is 6.92 Å². The van der Waals surface area contributed by atoms with Gasteiger partial charge in [-0.15, -0.1) is 0 Å². The number of carbonyl (C=O) groups excluding carboxylic acids is 2. The van der Waals surface area contributed by atoms with Gasteiger partial charge in [-0.05, 0) is 43.9 Å². The number of ether oxygens (including phenoxy) is 2. The maximum absolute atomic E-state index is 13.4. The lowest BCUT2D eigenvalue weighted by atomic mass is 9.73. The lowest BCUT2D eigenvalue weighted by molar-refractivity contribution is -0.176. The molecule has 0 saturated heterocycles. The highest BCUT2D eigenvalue weighted by Gasteiger charge is 2.69. The van der Waals surface area contributed by atoms with E-state index in [4.69, 9.17) is 9.29 Å². The second kappa shape index (κ2) is 6.37. The van der Waals surface area contributed by atoms with Gasteiger partial charge in [0.2, 0.25) is 0 Å². The summed E-state index contributed by atoms with van der Waals surface area (Å²) in [6.07, 6.45) is 3.14. The molecular formula is C17H24F2O7S. The summed E-state index contributed by atoms with van der Waals surface area (Å²) in [6.45, 7) is 1.90. The molecule has 4 aliphatic rings. The van der Waals surface area contributed by atoms with Crippen molar-refractivity contribution in [2.45, 2.75) is 63.2 Å². The fourth-order valence-corrected chi connectivity index (χ4v) is 5.32. The van der Waals surface area contributed by atoms with Gasteiger partial charge in [0, 0.05) is 6.42 Å². The fraction of sp³-hybridized carbons (Fsp3) is 0.882. The first-order valence-corrected chi connectivity index (χ1v) is 10.5. The van der Waals surface area contributed by atoms with Crippen molar-refractivity contribution in [3.63, 3.8) is 0 Å². The van der Waals surface area contributed by atoms with Crippen molar-refractivity contribution < 1.29 is 40.8 Å². The molecule has 10 heteroatoms. The van der Waals surface area contributed by atoms with Crippen molar-refractivity contribution in [1.82, 2.24) is 0 Å². The Hall–Kier alpha value is -1.29. The van der Waals surface area contributed by atoms with Crippen LogP contribution >= 0.6 is 0 Å². The molecule has 154 valence electrons. The van der Waals surface area contributed by atoms with Crippen LogP contribution in [0.3, 0.4) is 0 Å². The molecule has 4 rings (SSSR count). The zero-order valence-corrected chi connectivity index (χ0v) is 16.1. The molecule has 4 saturated carbocycles. The van der Waals surface area contributed by atoms with E-state index >= 15 is 0 Å². The fourth-order valence-electron chi connectivity index (χ4n) is 5.11. The van der Waals surface area contributed by atoms with Crippen LogP contribution in [0.2, 0.25) is 0 Å². The average Bonchev–Trinajstić information content (AvgIpc) is 2.93. The lowest BCUT2D eigenvalue weighted by Gasteiger charge is -2.40. The van der Waals surface area contributed by atoms with Crippen molar-refractivity contribution in [1.29, 1.82) is 0 Å². The minimum atomic E-state index is -5.67. The third-order valence-corrected chi connectivity index (χ3v) is 7.33. The molecule has 0 spiro atoms. The van der Waals surface area contributed by atoms with Crippen LogP contribution in [0.4, 0.5) is 8.78 Å². The smallest absolute Gasteiger partial charge is 0.402 e. The number of rotatable bonds is 7. The van der Waals surface area contributed by atoms with Crippen LogP contribution in [0.5, 0.6) is 0 Å². The van der Waals surface area contributed by atoms with Gasteiger partial charge in [-0.1, -0.05) is 13.8 Å². The molecule has 0 aromatic carbocycles. The number of halogens is 2. The van der Waals surface area contributed by atoms with E-state index in [1.165, 1.54) is 0 Å². The van der Waals surface area contributed by atoms with Crippen LogP contribution in [0.25, 0.3) is 0 Å². The normalized spacial score (nSPS) is 35.9. The average molecular weight is 410 g/mol. The number of esters is 2. The molecule has 4 aliphatic carbocycles. The van der Waals surface area contributed by atoms with Crippen molar-refractivity contribution in [2.24, 2.45) is 23.2 Å². The van der Waals surface area contributed by atoms with E-state index in [9.17, 15) is 26.8 Å². The van der Waals surface area contributed by atoms with E-state index in [0.717, 1.165) is 6.42 Å². The zero-order chi connectivity index (χ0) is 20.3. The van der Waals surface area contributed by atoms with E-state index < -0.39 is 39.0 Å². The molecule has 5 atom stereocenters. The minimum absolute atomic E-state index is 0.136. The molecule has 4 bridgehead atoms. The van der Waals surface area contributed by atoms with E-state index in [0.29, 0.717) is 25.7 Å². The molecule has 27 heavy (non-hydrogen) atoms. The van der Waals surface area contributed by atoms with Crippen LogP contribution in [-0.2, 0) is 29.2 Å². The largest absolute Gasteiger partial charge is 0.459 e. The first-order valence-electron chi connectivity index (χ1n) is 9.09. The Kier molecular flexibility index (Phi) is 4.82. The molecular weight excluding hydrogens is 386 g/mol. The highest BCUT2D eigenvalue weighted by Crippen LogP contribution is 2.68. The Morgan fingerprint density at radius 3 is 2.56 bits per heavy atom. The molecule has 7 nitrogen and oxygen atoms in total. The lowest BCUT2D eigenvalue weighted by Crippen LogP contribution is -2.44. The van der Waals surface area contributed by atoms with Crippen molar-refractivity contribution in [2.75, 3.05) is 6.61 Å². The summed E-state index contributed by atoms with van der Waals surface area (Å²) in [7, 11) is -5.67. The topological polar surface area (TPSA) is 107 Å². The van der Waals surface area contributed by atoms with Gasteiger partial charge in [0.15, 0.2) is 6.61 Å². The van der Waals surface area contributed by atoms with Crippen LogP contribution in [0.15, 0.2) is 0 Å². The molecule has 5 unspecified atom stereocenters. The number of carbonyl (C=O) groups is 2. The molecule has 0 aromatic heterocycles. The zero-order valence-electron chi connectivity index (χ0n) is 15.2. The SMILES string of the molecule is CCC(C)C(=O)OC12CC3CC(C1)C(C(=O)OCC(F)(F)S(=O)(=O)O)(C3)C2. The molecule has 0 aliphatic heterocycles.